The maximum atomic E-state index is 12.5. The zero-order chi connectivity index (χ0) is 14.0. The van der Waals surface area contributed by atoms with Crippen molar-refractivity contribution in [1.29, 1.82) is 0 Å². The van der Waals surface area contributed by atoms with Gasteiger partial charge in [-0.05, 0) is 25.0 Å². The van der Waals surface area contributed by atoms with Crippen LogP contribution in [0.3, 0.4) is 0 Å². The van der Waals surface area contributed by atoms with Crippen LogP contribution in [0.1, 0.15) is 12.8 Å². The summed E-state index contributed by atoms with van der Waals surface area (Å²) >= 11 is 5.98. The zero-order valence-corrected chi connectivity index (χ0v) is 12.2. The molecule has 1 aliphatic rings. The van der Waals surface area contributed by atoms with E-state index in [0.717, 1.165) is 0 Å². The minimum absolute atomic E-state index is 0.00698. The third kappa shape index (κ3) is 2.86. The van der Waals surface area contributed by atoms with E-state index in [2.05, 4.69) is 0 Å². The van der Waals surface area contributed by atoms with E-state index in [0.29, 0.717) is 25.9 Å². The monoisotopic (exact) mass is 304 g/mol. The number of sulfonamides is 1. The molecule has 7 heteroatoms. The van der Waals surface area contributed by atoms with Gasteiger partial charge in [0.2, 0.25) is 10.0 Å². The van der Waals surface area contributed by atoms with Crippen LogP contribution < -0.4 is 5.73 Å². The SMILES string of the molecule is COC1CCN(S(=O)(=O)c2c(N)cccc2Cl)CC1. The summed E-state index contributed by atoms with van der Waals surface area (Å²) in [7, 11) is -1.99. The number of nitrogens with two attached hydrogens (primary N) is 1. The summed E-state index contributed by atoms with van der Waals surface area (Å²) in [5.41, 5.74) is 5.93. The average Bonchev–Trinajstić information content (AvgIpc) is 2.38. The average molecular weight is 305 g/mol. The number of ether oxygens (including phenoxy) is 1. The number of anilines is 1. The van der Waals surface area contributed by atoms with Gasteiger partial charge in [-0.1, -0.05) is 17.7 Å². The number of methoxy groups -OCH3 is 1. The Balaban J connectivity index is 2.29. The van der Waals surface area contributed by atoms with Gasteiger partial charge in [0.15, 0.2) is 0 Å². The molecule has 1 aliphatic heterocycles. The smallest absolute Gasteiger partial charge is 0.246 e. The molecule has 1 aromatic rings. The normalized spacial score (nSPS) is 18.6. The molecule has 0 saturated carbocycles. The molecule has 2 N–H and O–H groups in total. The summed E-state index contributed by atoms with van der Waals surface area (Å²) in [6.45, 7) is 0.844. The third-order valence-corrected chi connectivity index (χ3v) is 5.77. The number of piperidine rings is 1. The summed E-state index contributed by atoms with van der Waals surface area (Å²) in [4.78, 5) is 0.00698. The van der Waals surface area contributed by atoms with Crippen molar-refractivity contribution in [3.05, 3.63) is 23.2 Å². The van der Waals surface area contributed by atoms with Gasteiger partial charge < -0.3 is 10.5 Å². The number of hydrogen-bond acceptors (Lipinski definition) is 4. The third-order valence-electron chi connectivity index (χ3n) is 3.33. The van der Waals surface area contributed by atoms with Crippen molar-refractivity contribution in [2.45, 2.75) is 23.8 Å². The molecule has 2 rings (SSSR count). The van der Waals surface area contributed by atoms with Gasteiger partial charge in [0.05, 0.1) is 16.8 Å². The number of rotatable bonds is 3. The van der Waals surface area contributed by atoms with Gasteiger partial charge in [0.25, 0.3) is 0 Å². The van der Waals surface area contributed by atoms with Crippen LogP contribution in [0.5, 0.6) is 0 Å². The number of benzene rings is 1. The molecular formula is C12H17ClN2O3S. The van der Waals surface area contributed by atoms with Crippen molar-refractivity contribution >= 4 is 27.3 Å². The molecule has 19 heavy (non-hydrogen) atoms. The first-order valence-electron chi connectivity index (χ1n) is 6.03. The number of hydrogen-bond donors (Lipinski definition) is 1. The van der Waals surface area contributed by atoms with Crippen LogP contribution in [0.25, 0.3) is 0 Å². The Kier molecular flexibility index (Phi) is 4.35. The Morgan fingerprint density at radius 2 is 2.00 bits per heavy atom. The fraction of sp³-hybridized carbons (Fsp3) is 0.500. The molecular weight excluding hydrogens is 288 g/mol. The second-order valence-corrected chi connectivity index (χ2v) is 6.78. The maximum Gasteiger partial charge on any atom is 0.246 e. The lowest BCUT2D eigenvalue weighted by atomic mass is 10.1. The van der Waals surface area contributed by atoms with Crippen LogP contribution in [0, 0.1) is 0 Å². The Morgan fingerprint density at radius 3 is 2.53 bits per heavy atom. The zero-order valence-electron chi connectivity index (χ0n) is 10.7. The van der Waals surface area contributed by atoms with Crippen molar-refractivity contribution < 1.29 is 13.2 Å². The minimum atomic E-state index is -3.63. The predicted octanol–water partition coefficient (Wildman–Crippen LogP) is 1.72. The molecule has 0 aliphatic carbocycles. The van der Waals surface area contributed by atoms with Crippen molar-refractivity contribution in [3.63, 3.8) is 0 Å². The van der Waals surface area contributed by atoms with Crippen LogP contribution in [-0.4, -0.2) is 39.0 Å². The maximum absolute atomic E-state index is 12.5. The molecule has 0 radical (unpaired) electrons. The van der Waals surface area contributed by atoms with E-state index in [1.165, 1.54) is 10.4 Å². The molecule has 1 fully saturated rings. The fourth-order valence-corrected chi connectivity index (χ4v) is 4.34. The second kappa shape index (κ2) is 5.66. The highest BCUT2D eigenvalue weighted by molar-refractivity contribution is 7.89. The molecule has 0 atom stereocenters. The fourth-order valence-electron chi connectivity index (χ4n) is 2.23. The molecule has 0 bridgehead atoms. The van der Waals surface area contributed by atoms with Gasteiger partial charge in [0, 0.05) is 20.2 Å². The van der Waals surface area contributed by atoms with E-state index in [1.807, 2.05) is 0 Å². The largest absolute Gasteiger partial charge is 0.398 e. The van der Waals surface area contributed by atoms with Crippen LogP contribution >= 0.6 is 11.6 Å². The van der Waals surface area contributed by atoms with E-state index in [-0.39, 0.29) is 21.7 Å². The van der Waals surface area contributed by atoms with Crippen molar-refractivity contribution in [2.24, 2.45) is 0 Å². The highest BCUT2D eigenvalue weighted by atomic mass is 35.5. The molecule has 0 aromatic heterocycles. The van der Waals surface area contributed by atoms with E-state index < -0.39 is 10.0 Å². The quantitative estimate of drug-likeness (QED) is 0.863. The van der Waals surface area contributed by atoms with Crippen molar-refractivity contribution in [3.8, 4) is 0 Å². The van der Waals surface area contributed by atoms with Crippen molar-refractivity contribution in [1.82, 2.24) is 4.31 Å². The first kappa shape index (κ1) is 14.6. The van der Waals surface area contributed by atoms with Gasteiger partial charge in [-0.25, -0.2) is 8.42 Å². The summed E-state index contributed by atoms with van der Waals surface area (Å²) in [6.07, 6.45) is 1.48. The van der Waals surface area contributed by atoms with E-state index >= 15 is 0 Å². The molecule has 106 valence electrons. The Morgan fingerprint density at radius 1 is 1.37 bits per heavy atom. The molecule has 0 unspecified atom stereocenters. The lowest BCUT2D eigenvalue weighted by molar-refractivity contribution is 0.0604. The van der Waals surface area contributed by atoms with Gasteiger partial charge in [-0.2, -0.15) is 4.31 Å². The van der Waals surface area contributed by atoms with Crippen molar-refractivity contribution in [2.75, 3.05) is 25.9 Å². The van der Waals surface area contributed by atoms with E-state index in [4.69, 9.17) is 22.1 Å². The van der Waals surface area contributed by atoms with Gasteiger partial charge in [-0.3, -0.25) is 0 Å². The van der Waals surface area contributed by atoms with Gasteiger partial charge in [0.1, 0.15) is 4.90 Å². The number of nitrogen functional groups attached to an aromatic ring is 1. The Labute approximate surface area is 118 Å². The van der Waals surface area contributed by atoms with Gasteiger partial charge in [-0.15, -0.1) is 0 Å². The Hall–Kier alpha value is -0.820. The molecule has 0 spiro atoms. The van der Waals surface area contributed by atoms with Crippen LogP contribution in [0.4, 0.5) is 5.69 Å². The number of halogens is 1. The van der Waals surface area contributed by atoms with Crippen LogP contribution in [-0.2, 0) is 14.8 Å². The van der Waals surface area contributed by atoms with Crippen LogP contribution in [0.2, 0.25) is 5.02 Å². The van der Waals surface area contributed by atoms with Crippen LogP contribution in [0.15, 0.2) is 23.1 Å². The lowest BCUT2D eigenvalue weighted by Gasteiger charge is -2.30. The first-order valence-corrected chi connectivity index (χ1v) is 7.85. The first-order chi connectivity index (χ1) is 8.96. The predicted molar refractivity (Wildman–Crippen MR) is 74.7 cm³/mol. The highest BCUT2D eigenvalue weighted by Gasteiger charge is 2.32. The minimum Gasteiger partial charge on any atom is -0.398 e. The highest BCUT2D eigenvalue weighted by Crippen LogP contribution is 2.31. The lowest BCUT2D eigenvalue weighted by Crippen LogP contribution is -2.40. The summed E-state index contributed by atoms with van der Waals surface area (Å²) in [6, 6.07) is 4.71. The molecule has 1 saturated heterocycles. The van der Waals surface area contributed by atoms with E-state index in [1.54, 1.807) is 19.2 Å². The molecule has 0 amide bonds. The molecule has 1 heterocycles. The topological polar surface area (TPSA) is 72.6 Å². The van der Waals surface area contributed by atoms with E-state index in [9.17, 15) is 8.42 Å². The summed E-state index contributed by atoms with van der Waals surface area (Å²) in [5, 5.41) is 0.161. The Bertz CT molecular complexity index is 534. The van der Waals surface area contributed by atoms with Gasteiger partial charge >= 0.3 is 0 Å². The molecule has 1 aromatic carbocycles. The molecule has 5 nitrogen and oxygen atoms in total. The standard InChI is InChI=1S/C12H17ClN2O3S/c1-18-9-5-7-15(8-6-9)19(16,17)12-10(13)3-2-4-11(12)14/h2-4,9H,5-8,14H2,1H3. The number of nitrogens with zero attached hydrogens (tertiary/aromatic N) is 1. The summed E-state index contributed by atoms with van der Waals surface area (Å²) < 4.78 is 31.7. The second-order valence-electron chi connectivity index (χ2n) is 4.50. The summed E-state index contributed by atoms with van der Waals surface area (Å²) in [5.74, 6) is 0.